The molecule has 6 heteroatoms. The summed E-state index contributed by atoms with van der Waals surface area (Å²) in [7, 11) is 0. The van der Waals surface area contributed by atoms with Crippen LogP contribution in [-0.2, 0) is 0 Å². The first kappa shape index (κ1) is 31.8. The van der Waals surface area contributed by atoms with E-state index >= 15 is 0 Å². The Morgan fingerprint density at radius 3 is 1.04 bits per heavy atom. The summed E-state index contributed by atoms with van der Waals surface area (Å²) in [6, 6.07) is 56.2. The Labute approximate surface area is 320 Å². The number of aromatic nitrogens is 6. The molecule has 262 valence electrons. The van der Waals surface area contributed by atoms with Gasteiger partial charge in [0.2, 0.25) is 0 Å². The Morgan fingerprint density at radius 1 is 0.309 bits per heavy atom. The van der Waals surface area contributed by atoms with E-state index in [4.69, 9.17) is 29.9 Å². The third kappa shape index (κ3) is 5.64. The summed E-state index contributed by atoms with van der Waals surface area (Å²) in [6.45, 7) is 0. The second-order valence-electron chi connectivity index (χ2n) is 15.2. The van der Waals surface area contributed by atoms with Gasteiger partial charge in [0.1, 0.15) is 0 Å². The van der Waals surface area contributed by atoms with Gasteiger partial charge >= 0.3 is 0 Å². The van der Waals surface area contributed by atoms with Crippen molar-refractivity contribution < 1.29 is 0 Å². The molecule has 6 nitrogen and oxygen atoms in total. The highest BCUT2D eigenvalue weighted by atomic mass is 15.0. The monoisotopic (exact) mass is 708 g/mol. The maximum absolute atomic E-state index is 5.10. The topological polar surface area (TPSA) is 77.3 Å². The zero-order valence-electron chi connectivity index (χ0n) is 30.1. The lowest BCUT2D eigenvalue weighted by atomic mass is 9.31. The third-order valence-electron chi connectivity index (χ3n) is 12.1. The van der Waals surface area contributed by atoms with Crippen molar-refractivity contribution in [3.63, 3.8) is 0 Å². The van der Waals surface area contributed by atoms with Crippen LogP contribution in [0.2, 0.25) is 0 Å². The molecule has 3 saturated carbocycles. The van der Waals surface area contributed by atoms with Crippen molar-refractivity contribution in [3.8, 4) is 79.5 Å². The fraction of sp³-hybridized carbons (Fsp3) is 0.143. The van der Waals surface area contributed by atoms with Gasteiger partial charge in [0.15, 0.2) is 34.9 Å². The first-order valence-electron chi connectivity index (χ1n) is 19.2. The fourth-order valence-electron chi connectivity index (χ4n) is 9.28. The summed E-state index contributed by atoms with van der Waals surface area (Å²) in [5.41, 5.74) is 9.38. The summed E-state index contributed by atoms with van der Waals surface area (Å²) in [5, 5.41) is 0. The van der Waals surface area contributed by atoms with Gasteiger partial charge < -0.3 is 0 Å². The van der Waals surface area contributed by atoms with Gasteiger partial charge in [-0.2, -0.15) is 0 Å². The number of rotatable bonds is 8. The van der Waals surface area contributed by atoms with E-state index in [9.17, 15) is 0 Å². The maximum Gasteiger partial charge on any atom is 0.164 e. The molecular formula is C49H36N6. The van der Waals surface area contributed by atoms with Gasteiger partial charge in [-0.3, -0.25) is 0 Å². The molecule has 11 rings (SSSR count). The second kappa shape index (κ2) is 13.0. The van der Waals surface area contributed by atoms with Crippen LogP contribution in [0, 0.1) is 23.7 Å². The molecule has 6 aromatic carbocycles. The Balaban J connectivity index is 0.955. The highest BCUT2D eigenvalue weighted by Gasteiger charge is 2.67. The van der Waals surface area contributed by atoms with Crippen molar-refractivity contribution in [1.82, 2.24) is 29.9 Å². The van der Waals surface area contributed by atoms with E-state index in [1.165, 1.54) is 24.0 Å². The van der Waals surface area contributed by atoms with Gasteiger partial charge in [-0.1, -0.05) is 158 Å². The fourth-order valence-corrected chi connectivity index (χ4v) is 9.28. The lowest BCUT2D eigenvalue weighted by molar-refractivity contribution is -0.214. The molecule has 0 radical (unpaired) electrons. The smallest absolute Gasteiger partial charge is 0.164 e. The molecule has 55 heavy (non-hydrogen) atoms. The van der Waals surface area contributed by atoms with E-state index in [-0.39, 0.29) is 0 Å². The van der Waals surface area contributed by atoms with Crippen LogP contribution in [-0.4, -0.2) is 29.9 Å². The first-order chi connectivity index (χ1) is 27.2. The Kier molecular flexibility index (Phi) is 7.54. The summed E-state index contributed by atoms with van der Waals surface area (Å²) in [4.78, 5) is 30.1. The highest BCUT2D eigenvalue weighted by molar-refractivity contribution is 5.72. The molecule has 0 saturated heterocycles. The zero-order valence-corrected chi connectivity index (χ0v) is 30.1. The molecule has 3 aliphatic carbocycles. The first-order valence-corrected chi connectivity index (χ1v) is 19.2. The van der Waals surface area contributed by atoms with Crippen LogP contribution in [0.3, 0.4) is 0 Å². The van der Waals surface area contributed by atoms with Crippen LogP contribution in [0.15, 0.2) is 164 Å². The highest BCUT2D eigenvalue weighted by Crippen LogP contribution is 2.75. The van der Waals surface area contributed by atoms with Crippen LogP contribution >= 0.6 is 0 Å². The minimum Gasteiger partial charge on any atom is -0.208 e. The minimum absolute atomic E-state index is 0.600. The van der Waals surface area contributed by atoms with Crippen LogP contribution < -0.4 is 0 Å². The SMILES string of the molecule is c1ccc(-c2ccc(-c3nc(-c4ccccc4)nc(-c4ccc(-c5nc(-c6ccccc6)nc(-c6cccc(C7C8CC9CC7C98)c6)n5)cc4)n3)cc2)cc1. The number of benzene rings is 6. The molecule has 2 heterocycles. The molecule has 0 aliphatic heterocycles. The van der Waals surface area contributed by atoms with E-state index in [0.717, 1.165) is 62.6 Å². The summed E-state index contributed by atoms with van der Waals surface area (Å²) in [5.74, 6) is 8.26. The predicted molar refractivity (Wildman–Crippen MR) is 217 cm³/mol. The Bertz CT molecular complexity index is 2650. The maximum atomic E-state index is 5.10. The van der Waals surface area contributed by atoms with Crippen molar-refractivity contribution in [1.29, 1.82) is 0 Å². The summed E-state index contributed by atoms with van der Waals surface area (Å²) in [6.07, 6.45) is 2.81. The molecule has 0 N–H and O–H groups in total. The molecule has 0 bridgehead atoms. The van der Waals surface area contributed by atoms with E-state index < -0.39 is 0 Å². The average Bonchev–Trinajstić information content (AvgIpc) is 3.27. The number of nitrogens with zero attached hydrogens (tertiary/aromatic N) is 6. The summed E-state index contributed by atoms with van der Waals surface area (Å²) >= 11 is 0. The standard InChI is InChI=1S/C49H36N6/c1-4-11-30(12-5-1)31-19-21-34(22-20-31)46-50-44(32-13-6-2-7-14-32)51-47(53-46)35-23-25-36(26-24-35)48-52-45(33-15-8-3-9-16-33)54-49(55-48)38-18-10-17-37(27-38)42-40-28-39-29-41(42)43(39)40/h1-27,39-43H,28-29H2. The van der Waals surface area contributed by atoms with Crippen LogP contribution in [0.1, 0.15) is 24.3 Å². The van der Waals surface area contributed by atoms with Gasteiger partial charge in [0, 0.05) is 33.4 Å². The van der Waals surface area contributed by atoms with Crippen molar-refractivity contribution in [2.24, 2.45) is 23.7 Å². The normalized spacial score (nSPS) is 20.4. The van der Waals surface area contributed by atoms with Crippen LogP contribution in [0.25, 0.3) is 79.5 Å². The molecule has 3 aliphatic rings. The number of hydrogen-bond donors (Lipinski definition) is 0. The van der Waals surface area contributed by atoms with E-state index in [1.54, 1.807) is 0 Å². The molecule has 0 spiro atoms. The quantitative estimate of drug-likeness (QED) is 0.156. The molecule has 0 amide bonds. The zero-order chi connectivity index (χ0) is 36.3. The molecule has 2 unspecified atom stereocenters. The van der Waals surface area contributed by atoms with Crippen LogP contribution in [0.4, 0.5) is 0 Å². The molecule has 8 aromatic rings. The van der Waals surface area contributed by atoms with Gasteiger partial charge in [-0.05, 0) is 65.2 Å². The lowest BCUT2D eigenvalue weighted by Crippen LogP contribution is -2.65. The van der Waals surface area contributed by atoms with Crippen LogP contribution in [0.5, 0.6) is 0 Å². The van der Waals surface area contributed by atoms with Crippen molar-refractivity contribution in [2.75, 3.05) is 0 Å². The predicted octanol–water partition coefficient (Wildman–Crippen LogP) is 11.1. The van der Waals surface area contributed by atoms with Crippen molar-refractivity contribution in [2.45, 2.75) is 18.8 Å². The average molecular weight is 709 g/mol. The molecule has 2 aromatic heterocycles. The van der Waals surface area contributed by atoms with Gasteiger partial charge in [-0.25, -0.2) is 29.9 Å². The van der Waals surface area contributed by atoms with E-state index in [0.29, 0.717) is 40.9 Å². The Hall–Kier alpha value is -6.66. The Morgan fingerprint density at radius 2 is 0.636 bits per heavy atom. The third-order valence-corrected chi connectivity index (χ3v) is 12.1. The van der Waals surface area contributed by atoms with Gasteiger partial charge in [0.05, 0.1) is 0 Å². The molecule has 2 atom stereocenters. The molecular weight excluding hydrogens is 673 g/mol. The van der Waals surface area contributed by atoms with E-state index in [1.807, 2.05) is 66.7 Å². The lowest BCUT2D eigenvalue weighted by Gasteiger charge is -2.73. The largest absolute Gasteiger partial charge is 0.208 e. The van der Waals surface area contributed by atoms with E-state index in [2.05, 4.69) is 97.1 Å². The van der Waals surface area contributed by atoms with Gasteiger partial charge in [0.25, 0.3) is 0 Å². The summed E-state index contributed by atoms with van der Waals surface area (Å²) < 4.78 is 0. The molecule has 3 fully saturated rings. The second-order valence-corrected chi connectivity index (χ2v) is 15.2. The number of hydrogen-bond acceptors (Lipinski definition) is 6. The van der Waals surface area contributed by atoms with Crippen molar-refractivity contribution >= 4 is 0 Å². The minimum atomic E-state index is 0.600. The van der Waals surface area contributed by atoms with Crippen molar-refractivity contribution in [3.05, 3.63) is 169 Å². The van der Waals surface area contributed by atoms with Gasteiger partial charge in [-0.15, -0.1) is 0 Å².